The van der Waals surface area contributed by atoms with Gasteiger partial charge in [0.2, 0.25) is 0 Å². The Labute approximate surface area is 81.4 Å². The van der Waals surface area contributed by atoms with Crippen molar-refractivity contribution in [3.05, 3.63) is 46.3 Å². The van der Waals surface area contributed by atoms with Gasteiger partial charge in [-0.15, -0.1) is 6.58 Å². The van der Waals surface area contributed by atoms with E-state index in [1.807, 2.05) is 0 Å². The van der Waals surface area contributed by atoms with E-state index in [4.69, 9.17) is 5.73 Å². The largest absolute Gasteiger partial charge is 0.319 e. The minimum atomic E-state index is -0.467. The molecule has 1 aromatic heterocycles. The summed E-state index contributed by atoms with van der Waals surface area (Å²) in [6.07, 6.45) is 2.75. The van der Waals surface area contributed by atoms with E-state index in [0.29, 0.717) is 11.3 Å². The summed E-state index contributed by atoms with van der Waals surface area (Å²) < 4.78 is 0. The zero-order valence-corrected chi connectivity index (χ0v) is 7.80. The van der Waals surface area contributed by atoms with E-state index >= 15 is 0 Å². The van der Waals surface area contributed by atoms with Crippen LogP contribution in [0.25, 0.3) is 0 Å². The predicted octanol–water partition coefficient (Wildman–Crippen LogP) is 1.48. The van der Waals surface area contributed by atoms with E-state index in [1.165, 1.54) is 12.3 Å². The van der Waals surface area contributed by atoms with Gasteiger partial charge in [-0.25, -0.2) is 0 Å². The first-order valence-corrected chi connectivity index (χ1v) is 4.05. The molecule has 1 heterocycles. The molecule has 0 aliphatic heterocycles. The summed E-state index contributed by atoms with van der Waals surface area (Å²) in [6.45, 7) is 5.18. The highest BCUT2D eigenvalue weighted by atomic mass is 16.6. The molecule has 0 aliphatic carbocycles. The number of aryl methyl sites for hydroxylation is 1. The van der Waals surface area contributed by atoms with Crippen LogP contribution in [-0.2, 0) is 0 Å². The van der Waals surface area contributed by atoms with Crippen LogP contribution in [0.4, 0.5) is 5.69 Å². The molecule has 2 N–H and O–H groups in total. The SMILES string of the molecule is C=C[C@@H](N)c1cc(C)c([N+](=O)[O-])cn1. The van der Waals surface area contributed by atoms with Gasteiger partial charge in [0.25, 0.3) is 5.69 Å². The van der Waals surface area contributed by atoms with Crippen molar-refractivity contribution in [1.82, 2.24) is 4.98 Å². The molecule has 1 rings (SSSR count). The van der Waals surface area contributed by atoms with Crippen LogP contribution < -0.4 is 5.73 Å². The molecule has 0 amide bonds. The lowest BCUT2D eigenvalue weighted by Crippen LogP contribution is -2.09. The molecule has 5 nitrogen and oxygen atoms in total. The molecule has 0 bridgehead atoms. The number of nitrogens with zero attached hydrogens (tertiary/aromatic N) is 2. The summed E-state index contributed by atoms with van der Waals surface area (Å²) in [5.74, 6) is 0. The van der Waals surface area contributed by atoms with Crippen molar-refractivity contribution in [2.75, 3.05) is 0 Å². The lowest BCUT2D eigenvalue weighted by Gasteiger charge is -2.05. The molecule has 1 aromatic rings. The second-order valence-corrected chi connectivity index (χ2v) is 2.91. The summed E-state index contributed by atoms with van der Waals surface area (Å²) in [5, 5.41) is 10.5. The Kier molecular flexibility index (Phi) is 2.93. The third-order valence-corrected chi connectivity index (χ3v) is 1.90. The average molecular weight is 193 g/mol. The van der Waals surface area contributed by atoms with Crippen molar-refractivity contribution in [2.24, 2.45) is 5.73 Å². The maximum absolute atomic E-state index is 10.5. The first-order chi connectivity index (χ1) is 6.56. The molecule has 74 valence electrons. The Balaban J connectivity index is 3.12. The highest BCUT2D eigenvalue weighted by Crippen LogP contribution is 2.19. The van der Waals surface area contributed by atoms with Crippen molar-refractivity contribution in [2.45, 2.75) is 13.0 Å². The molecule has 5 heteroatoms. The topological polar surface area (TPSA) is 82.0 Å². The van der Waals surface area contributed by atoms with Gasteiger partial charge in [-0.2, -0.15) is 0 Å². The number of nitro groups is 1. The summed E-state index contributed by atoms with van der Waals surface area (Å²) in [7, 11) is 0. The van der Waals surface area contributed by atoms with Crippen LogP contribution in [0.3, 0.4) is 0 Å². The lowest BCUT2D eigenvalue weighted by molar-refractivity contribution is -0.385. The van der Waals surface area contributed by atoms with Gasteiger partial charge in [-0.05, 0) is 13.0 Å². The summed E-state index contributed by atoms with van der Waals surface area (Å²) in [6, 6.07) is 1.22. The molecule has 0 saturated heterocycles. The van der Waals surface area contributed by atoms with Gasteiger partial charge in [0.05, 0.1) is 16.7 Å². The highest BCUT2D eigenvalue weighted by molar-refractivity contribution is 5.38. The van der Waals surface area contributed by atoms with Crippen molar-refractivity contribution in [1.29, 1.82) is 0 Å². The van der Waals surface area contributed by atoms with E-state index in [2.05, 4.69) is 11.6 Å². The molecule has 0 radical (unpaired) electrons. The fourth-order valence-corrected chi connectivity index (χ4v) is 1.06. The lowest BCUT2D eigenvalue weighted by atomic mass is 10.1. The summed E-state index contributed by atoms with van der Waals surface area (Å²) >= 11 is 0. The van der Waals surface area contributed by atoms with Gasteiger partial charge >= 0.3 is 0 Å². The Bertz CT molecular complexity index is 376. The van der Waals surface area contributed by atoms with Crippen LogP contribution in [-0.4, -0.2) is 9.91 Å². The molecule has 0 fully saturated rings. The molecule has 0 aliphatic rings. The molecule has 0 aromatic carbocycles. The Morgan fingerprint density at radius 1 is 1.79 bits per heavy atom. The molecular formula is C9H11N3O2. The first kappa shape index (κ1) is 10.3. The molecule has 14 heavy (non-hydrogen) atoms. The molecular weight excluding hydrogens is 182 g/mol. The van der Waals surface area contributed by atoms with E-state index in [0.717, 1.165) is 0 Å². The second kappa shape index (κ2) is 3.97. The number of nitrogens with two attached hydrogens (primary N) is 1. The van der Waals surface area contributed by atoms with Crippen molar-refractivity contribution < 1.29 is 4.92 Å². The number of rotatable bonds is 3. The van der Waals surface area contributed by atoms with E-state index in [-0.39, 0.29) is 11.7 Å². The summed E-state index contributed by atoms with van der Waals surface area (Å²) in [4.78, 5) is 13.9. The number of hydrogen-bond donors (Lipinski definition) is 1. The Morgan fingerprint density at radius 2 is 2.43 bits per heavy atom. The molecule has 1 atom stereocenters. The number of hydrogen-bond acceptors (Lipinski definition) is 4. The molecule has 0 unspecified atom stereocenters. The van der Waals surface area contributed by atoms with E-state index < -0.39 is 4.92 Å². The monoisotopic (exact) mass is 193 g/mol. The first-order valence-electron chi connectivity index (χ1n) is 4.05. The van der Waals surface area contributed by atoms with Gasteiger partial charge in [-0.3, -0.25) is 15.1 Å². The quantitative estimate of drug-likeness (QED) is 0.448. The number of pyridine rings is 1. The van der Waals surface area contributed by atoms with Crippen LogP contribution in [0, 0.1) is 17.0 Å². The third kappa shape index (κ3) is 1.94. The van der Waals surface area contributed by atoms with E-state index in [9.17, 15) is 10.1 Å². The van der Waals surface area contributed by atoms with Gasteiger partial charge in [0.15, 0.2) is 0 Å². The average Bonchev–Trinajstić information content (AvgIpc) is 2.15. The zero-order chi connectivity index (χ0) is 10.7. The van der Waals surface area contributed by atoms with Crippen LogP contribution in [0.15, 0.2) is 24.9 Å². The van der Waals surface area contributed by atoms with Gasteiger partial charge < -0.3 is 5.73 Å². The van der Waals surface area contributed by atoms with Gasteiger partial charge in [0.1, 0.15) is 6.20 Å². The van der Waals surface area contributed by atoms with E-state index in [1.54, 1.807) is 13.0 Å². The van der Waals surface area contributed by atoms with Crippen LogP contribution in [0.2, 0.25) is 0 Å². The second-order valence-electron chi connectivity index (χ2n) is 2.91. The van der Waals surface area contributed by atoms with Crippen LogP contribution in [0.5, 0.6) is 0 Å². The highest BCUT2D eigenvalue weighted by Gasteiger charge is 2.13. The standard InChI is InChI=1S/C9H11N3O2/c1-3-7(10)8-4-6(2)9(5-11-8)12(13)14/h3-5,7H,1,10H2,2H3/t7-/m1/s1. The minimum Gasteiger partial charge on any atom is -0.319 e. The minimum absolute atomic E-state index is 0.00464. The Morgan fingerprint density at radius 3 is 2.86 bits per heavy atom. The maximum atomic E-state index is 10.5. The van der Waals surface area contributed by atoms with Gasteiger partial charge in [0, 0.05) is 5.56 Å². The fraction of sp³-hybridized carbons (Fsp3) is 0.222. The Hall–Kier alpha value is -1.75. The maximum Gasteiger partial charge on any atom is 0.290 e. The zero-order valence-electron chi connectivity index (χ0n) is 7.80. The summed E-state index contributed by atoms with van der Waals surface area (Å²) in [5.41, 5.74) is 6.78. The van der Waals surface area contributed by atoms with Crippen molar-refractivity contribution in [3.63, 3.8) is 0 Å². The van der Waals surface area contributed by atoms with Gasteiger partial charge in [-0.1, -0.05) is 6.08 Å². The molecule has 0 spiro atoms. The van der Waals surface area contributed by atoms with Crippen LogP contribution in [0.1, 0.15) is 17.3 Å². The number of aromatic nitrogens is 1. The van der Waals surface area contributed by atoms with Crippen molar-refractivity contribution >= 4 is 5.69 Å². The molecule has 0 saturated carbocycles. The fourth-order valence-electron chi connectivity index (χ4n) is 1.06. The smallest absolute Gasteiger partial charge is 0.290 e. The normalized spacial score (nSPS) is 12.1. The third-order valence-electron chi connectivity index (χ3n) is 1.90. The van der Waals surface area contributed by atoms with Crippen molar-refractivity contribution in [3.8, 4) is 0 Å². The predicted molar refractivity (Wildman–Crippen MR) is 52.8 cm³/mol. The van der Waals surface area contributed by atoms with Crippen LogP contribution >= 0.6 is 0 Å².